The van der Waals surface area contributed by atoms with Crippen LogP contribution in [-0.2, 0) is 18.0 Å². The number of halogens is 1. The maximum absolute atomic E-state index is 5.91. The number of benzene rings is 2. The van der Waals surface area contributed by atoms with E-state index in [2.05, 4.69) is 4.98 Å². The summed E-state index contributed by atoms with van der Waals surface area (Å²) in [6.45, 7) is 0.778. The molecule has 118 valence electrons. The minimum absolute atomic E-state index is 0.277. The minimum atomic E-state index is 0.277. The Morgan fingerprint density at radius 2 is 1.74 bits per heavy atom. The lowest BCUT2D eigenvalue weighted by atomic mass is 10.2. The number of nitrogens with zero attached hydrogens (tertiary/aromatic N) is 1. The molecule has 0 aliphatic carbocycles. The van der Waals surface area contributed by atoms with E-state index in [9.17, 15) is 0 Å². The standard InChI is InChI=1S/C18H16ClNO3/c1-21-18-17(14-7-9-15(19)10-8-14)20-16(23-18)12-22-11-13-5-3-2-4-6-13/h2-10H,11-12H2,1H3. The van der Waals surface area contributed by atoms with Crippen LogP contribution < -0.4 is 4.74 Å². The van der Waals surface area contributed by atoms with Crippen LogP contribution >= 0.6 is 11.6 Å². The van der Waals surface area contributed by atoms with Crippen molar-refractivity contribution >= 4 is 11.6 Å². The Kier molecular flexibility index (Phi) is 4.95. The van der Waals surface area contributed by atoms with E-state index in [0.29, 0.717) is 29.2 Å². The molecule has 0 amide bonds. The van der Waals surface area contributed by atoms with Crippen LogP contribution in [0.15, 0.2) is 59.0 Å². The molecule has 0 N–H and O–H groups in total. The Balaban J connectivity index is 1.70. The number of ether oxygens (including phenoxy) is 2. The number of rotatable bonds is 6. The lowest BCUT2D eigenvalue weighted by molar-refractivity contribution is 0.0867. The SMILES string of the molecule is COc1oc(COCc2ccccc2)nc1-c1ccc(Cl)cc1. The Bertz CT molecular complexity index is 754. The van der Waals surface area contributed by atoms with Crippen LogP contribution in [0.4, 0.5) is 0 Å². The van der Waals surface area contributed by atoms with Gasteiger partial charge < -0.3 is 13.9 Å². The third-order valence-electron chi connectivity index (χ3n) is 3.28. The molecule has 0 radical (unpaired) electrons. The molecule has 0 atom stereocenters. The Hall–Kier alpha value is -2.30. The molecule has 0 saturated heterocycles. The van der Waals surface area contributed by atoms with Gasteiger partial charge in [0.05, 0.1) is 13.7 Å². The van der Waals surface area contributed by atoms with Crippen molar-refractivity contribution in [3.05, 3.63) is 71.1 Å². The number of methoxy groups -OCH3 is 1. The normalized spacial score (nSPS) is 10.7. The van der Waals surface area contributed by atoms with Crippen LogP contribution in [0, 0.1) is 0 Å². The first kappa shape index (κ1) is 15.6. The van der Waals surface area contributed by atoms with E-state index < -0.39 is 0 Å². The van der Waals surface area contributed by atoms with Gasteiger partial charge in [0.2, 0.25) is 5.89 Å². The molecule has 0 bridgehead atoms. The number of hydrogen-bond acceptors (Lipinski definition) is 4. The van der Waals surface area contributed by atoms with E-state index in [1.807, 2.05) is 42.5 Å². The molecule has 23 heavy (non-hydrogen) atoms. The molecule has 0 spiro atoms. The second-order valence-corrected chi connectivity index (χ2v) is 5.37. The minimum Gasteiger partial charge on any atom is -0.467 e. The van der Waals surface area contributed by atoms with Gasteiger partial charge in [-0.1, -0.05) is 54.1 Å². The molecule has 0 saturated carbocycles. The molecule has 3 aromatic rings. The zero-order valence-electron chi connectivity index (χ0n) is 12.7. The molecule has 1 aromatic heterocycles. The fourth-order valence-electron chi connectivity index (χ4n) is 2.17. The number of oxazole rings is 1. The second kappa shape index (κ2) is 7.31. The van der Waals surface area contributed by atoms with E-state index in [1.54, 1.807) is 19.2 Å². The molecular weight excluding hydrogens is 314 g/mol. The van der Waals surface area contributed by atoms with E-state index in [4.69, 9.17) is 25.5 Å². The van der Waals surface area contributed by atoms with Crippen molar-refractivity contribution in [2.75, 3.05) is 7.11 Å². The van der Waals surface area contributed by atoms with Crippen molar-refractivity contribution in [3.8, 4) is 17.2 Å². The first-order valence-electron chi connectivity index (χ1n) is 7.17. The van der Waals surface area contributed by atoms with Crippen LogP contribution in [0.25, 0.3) is 11.3 Å². The van der Waals surface area contributed by atoms with Gasteiger partial charge in [-0.25, -0.2) is 4.98 Å². The predicted molar refractivity (Wildman–Crippen MR) is 88.4 cm³/mol. The van der Waals surface area contributed by atoms with Gasteiger partial charge in [0.1, 0.15) is 6.61 Å². The third-order valence-corrected chi connectivity index (χ3v) is 3.53. The van der Waals surface area contributed by atoms with Crippen molar-refractivity contribution in [2.24, 2.45) is 0 Å². The summed E-state index contributed by atoms with van der Waals surface area (Å²) in [6, 6.07) is 17.3. The van der Waals surface area contributed by atoms with Gasteiger partial charge in [-0.15, -0.1) is 0 Å². The summed E-state index contributed by atoms with van der Waals surface area (Å²) >= 11 is 5.91. The van der Waals surface area contributed by atoms with Gasteiger partial charge in [-0.05, 0) is 17.7 Å². The highest BCUT2D eigenvalue weighted by Gasteiger charge is 2.15. The van der Waals surface area contributed by atoms with E-state index >= 15 is 0 Å². The zero-order valence-corrected chi connectivity index (χ0v) is 13.4. The highest BCUT2D eigenvalue weighted by molar-refractivity contribution is 6.30. The fraction of sp³-hybridized carbons (Fsp3) is 0.167. The highest BCUT2D eigenvalue weighted by Crippen LogP contribution is 2.31. The van der Waals surface area contributed by atoms with Gasteiger partial charge in [-0.2, -0.15) is 0 Å². The summed E-state index contributed by atoms with van der Waals surface area (Å²) in [5.74, 6) is 0.841. The van der Waals surface area contributed by atoms with E-state index in [-0.39, 0.29) is 6.61 Å². The molecule has 2 aromatic carbocycles. The summed E-state index contributed by atoms with van der Waals surface area (Å²) in [4.78, 5) is 4.45. The van der Waals surface area contributed by atoms with Gasteiger partial charge in [-0.3, -0.25) is 0 Å². The van der Waals surface area contributed by atoms with E-state index in [1.165, 1.54) is 0 Å². The topological polar surface area (TPSA) is 44.5 Å². The molecule has 0 aliphatic rings. The van der Waals surface area contributed by atoms with Crippen LogP contribution in [0.2, 0.25) is 5.02 Å². The van der Waals surface area contributed by atoms with Gasteiger partial charge >= 0.3 is 5.95 Å². The molecule has 0 fully saturated rings. The maximum Gasteiger partial charge on any atom is 0.313 e. The molecule has 0 unspecified atom stereocenters. The molecule has 0 aliphatic heterocycles. The molecular formula is C18H16ClNO3. The first-order valence-corrected chi connectivity index (χ1v) is 7.55. The summed E-state index contributed by atoms with van der Waals surface area (Å²) in [7, 11) is 1.55. The lowest BCUT2D eigenvalue weighted by Crippen LogP contribution is -1.94. The molecule has 5 heteroatoms. The van der Waals surface area contributed by atoms with Crippen molar-refractivity contribution in [2.45, 2.75) is 13.2 Å². The largest absolute Gasteiger partial charge is 0.467 e. The summed E-state index contributed by atoms with van der Waals surface area (Å²) in [5.41, 5.74) is 2.62. The van der Waals surface area contributed by atoms with Gasteiger partial charge in [0.25, 0.3) is 0 Å². The van der Waals surface area contributed by atoms with Crippen molar-refractivity contribution in [1.29, 1.82) is 0 Å². The maximum atomic E-state index is 5.91. The monoisotopic (exact) mass is 329 g/mol. The smallest absolute Gasteiger partial charge is 0.313 e. The summed E-state index contributed by atoms with van der Waals surface area (Å²) in [5, 5.41) is 0.669. The van der Waals surface area contributed by atoms with Crippen LogP contribution in [0.1, 0.15) is 11.5 Å². The molecule has 3 rings (SSSR count). The first-order chi connectivity index (χ1) is 11.3. The van der Waals surface area contributed by atoms with Crippen LogP contribution in [-0.4, -0.2) is 12.1 Å². The van der Waals surface area contributed by atoms with Gasteiger partial charge in [0, 0.05) is 10.6 Å². The average molecular weight is 330 g/mol. The predicted octanol–water partition coefficient (Wildman–Crippen LogP) is 4.72. The number of aromatic nitrogens is 1. The second-order valence-electron chi connectivity index (χ2n) is 4.93. The molecule has 4 nitrogen and oxygen atoms in total. The quantitative estimate of drug-likeness (QED) is 0.656. The van der Waals surface area contributed by atoms with Crippen molar-refractivity contribution in [3.63, 3.8) is 0 Å². The highest BCUT2D eigenvalue weighted by atomic mass is 35.5. The number of hydrogen-bond donors (Lipinski definition) is 0. The molecule has 1 heterocycles. The van der Waals surface area contributed by atoms with Crippen molar-refractivity contribution < 1.29 is 13.9 Å². The zero-order chi connectivity index (χ0) is 16.1. The van der Waals surface area contributed by atoms with E-state index in [0.717, 1.165) is 11.1 Å². The Labute approximate surface area is 139 Å². The third kappa shape index (κ3) is 3.92. The lowest BCUT2D eigenvalue weighted by Gasteiger charge is -2.01. The summed E-state index contributed by atoms with van der Waals surface area (Å²) in [6.07, 6.45) is 0. The van der Waals surface area contributed by atoms with Crippen molar-refractivity contribution in [1.82, 2.24) is 4.98 Å². The van der Waals surface area contributed by atoms with Gasteiger partial charge in [0.15, 0.2) is 5.69 Å². The van der Waals surface area contributed by atoms with Crippen LogP contribution in [0.5, 0.6) is 5.95 Å². The Morgan fingerprint density at radius 1 is 1.00 bits per heavy atom. The van der Waals surface area contributed by atoms with Crippen LogP contribution in [0.3, 0.4) is 0 Å². The average Bonchev–Trinajstić information content (AvgIpc) is 3.00. The fourth-order valence-corrected chi connectivity index (χ4v) is 2.30. The summed E-state index contributed by atoms with van der Waals surface area (Å²) < 4.78 is 16.5. The Morgan fingerprint density at radius 3 is 2.43 bits per heavy atom.